The van der Waals surface area contributed by atoms with Crippen molar-refractivity contribution in [2.75, 3.05) is 7.11 Å². The molecule has 0 bridgehead atoms. The van der Waals surface area contributed by atoms with Crippen molar-refractivity contribution in [2.45, 2.75) is 6.54 Å². The summed E-state index contributed by atoms with van der Waals surface area (Å²) in [6, 6.07) is 12.8. The van der Waals surface area contributed by atoms with Crippen molar-refractivity contribution in [3.8, 4) is 17.2 Å². The minimum Gasteiger partial charge on any atom is -0.504 e. The fraction of sp³-hybridized carbons (Fsp3) is 0.105. The molecule has 2 aromatic heterocycles. The summed E-state index contributed by atoms with van der Waals surface area (Å²) < 4.78 is 7.78. The number of rotatable bonds is 5. The van der Waals surface area contributed by atoms with Crippen molar-refractivity contribution in [1.82, 2.24) is 19.7 Å². The number of fused-ring (bicyclic) bond motifs is 1. The monoisotopic (exact) mass is 438 g/mol. The maximum Gasteiger partial charge on any atom is 0.188 e. The third kappa shape index (κ3) is 3.56. The van der Waals surface area contributed by atoms with Crippen LogP contribution in [0.15, 0.2) is 69.7 Å². The first kappa shape index (κ1) is 18.1. The first-order chi connectivity index (χ1) is 13.7. The van der Waals surface area contributed by atoms with Crippen molar-refractivity contribution in [3.63, 3.8) is 0 Å². The molecule has 8 nitrogen and oxygen atoms in total. The molecule has 2 heterocycles. The second kappa shape index (κ2) is 7.73. The fourth-order valence-corrected chi connectivity index (χ4v) is 3.10. The van der Waals surface area contributed by atoms with Crippen molar-refractivity contribution >= 4 is 32.8 Å². The number of phenolic OH excluding ortho intramolecular Hbond substituents is 1. The molecule has 4 aromatic rings. The lowest BCUT2D eigenvalue weighted by Crippen LogP contribution is -1.97. The summed E-state index contributed by atoms with van der Waals surface area (Å²) in [6.45, 7) is 0.321. The van der Waals surface area contributed by atoms with Crippen LogP contribution in [0, 0.1) is 0 Å². The summed E-state index contributed by atoms with van der Waals surface area (Å²) in [6.07, 6.45) is 3.12. The van der Waals surface area contributed by atoms with E-state index in [9.17, 15) is 5.11 Å². The molecule has 2 aromatic carbocycles. The maximum atomic E-state index is 9.66. The number of ether oxygens (including phenoxy) is 1. The van der Waals surface area contributed by atoms with Crippen LogP contribution in [-0.4, -0.2) is 32.0 Å². The summed E-state index contributed by atoms with van der Waals surface area (Å²) in [5.41, 5.74) is 2.38. The van der Waals surface area contributed by atoms with Gasteiger partial charge >= 0.3 is 0 Å². The number of azo groups is 1. The molecule has 1 N–H and O–H groups in total. The Labute approximate surface area is 168 Å². The number of aromatic nitrogens is 4. The van der Waals surface area contributed by atoms with Gasteiger partial charge < -0.3 is 9.84 Å². The molecule has 0 aliphatic rings. The molecular formula is C19H15BrN6O2. The van der Waals surface area contributed by atoms with Gasteiger partial charge in [-0.15, -0.1) is 5.11 Å². The van der Waals surface area contributed by atoms with E-state index < -0.39 is 0 Å². The Balaban J connectivity index is 1.62. The SMILES string of the molecule is COc1cc(CN=Nc2ncnc3c2cnn3-c2cccc(Br)c2)ccc1O. The Bertz CT molecular complexity index is 1170. The number of methoxy groups -OCH3 is 1. The van der Waals surface area contributed by atoms with Gasteiger partial charge in [0.2, 0.25) is 0 Å². The van der Waals surface area contributed by atoms with Gasteiger partial charge in [-0.05, 0) is 35.9 Å². The van der Waals surface area contributed by atoms with Crippen LogP contribution in [-0.2, 0) is 6.54 Å². The van der Waals surface area contributed by atoms with Gasteiger partial charge in [-0.3, -0.25) is 0 Å². The van der Waals surface area contributed by atoms with Gasteiger partial charge in [0.15, 0.2) is 23.0 Å². The first-order valence-corrected chi connectivity index (χ1v) is 9.13. The highest BCUT2D eigenvalue weighted by Crippen LogP contribution is 2.28. The van der Waals surface area contributed by atoms with Gasteiger partial charge in [-0.1, -0.05) is 28.1 Å². The normalized spacial score (nSPS) is 11.4. The van der Waals surface area contributed by atoms with Gasteiger partial charge in [-0.25, -0.2) is 14.6 Å². The molecule has 9 heteroatoms. The van der Waals surface area contributed by atoms with E-state index in [-0.39, 0.29) is 5.75 Å². The summed E-state index contributed by atoms with van der Waals surface area (Å²) in [4.78, 5) is 8.55. The molecule has 0 atom stereocenters. The van der Waals surface area contributed by atoms with Gasteiger partial charge in [-0.2, -0.15) is 10.2 Å². The largest absolute Gasteiger partial charge is 0.504 e. The van der Waals surface area contributed by atoms with Gasteiger partial charge in [0.05, 0.1) is 30.9 Å². The second-order valence-electron chi connectivity index (χ2n) is 5.88. The minimum atomic E-state index is 0.0839. The van der Waals surface area contributed by atoms with E-state index in [1.807, 2.05) is 24.3 Å². The lowest BCUT2D eigenvalue weighted by Gasteiger charge is -2.04. The number of aromatic hydroxyl groups is 1. The average molecular weight is 439 g/mol. The number of nitrogens with zero attached hydrogens (tertiary/aromatic N) is 6. The predicted octanol–water partition coefficient (Wildman–Crippen LogP) is 4.58. The van der Waals surface area contributed by atoms with Crippen LogP contribution < -0.4 is 4.74 Å². The van der Waals surface area contributed by atoms with Gasteiger partial charge in [0, 0.05) is 4.47 Å². The van der Waals surface area contributed by atoms with E-state index in [0.717, 1.165) is 15.7 Å². The number of halogens is 1. The average Bonchev–Trinajstić information content (AvgIpc) is 3.14. The predicted molar refractivity (Wildman–Crippen MR) is 107 cm³/mol. The molecule has 0 aliphatic heterocycles. The van der Waals surface area contributed by atoms with Gasteiger partial charge in [0.25, 0.3) is 0 Å². The van der Waals surface area contributed by atoms with Crippen LogP contribution in [0.3, 0.4) is 0 Å². The van der Waals surface area contributed by atoms with Crippen LogP contribution in [0.5, 0.6) is 11.5 Å². The molecule has 4 rings (SSSR count). The number of hydrogen-bond donors (Lipinski definition) is 1. The highest BCUT2D eigenvalue weighted by molar-refractivity contribution is 9.10. The van der Waals surface area contributed by atoms with Crippen LogP contribution in [0.4, 0.5) is 5.82 Å². The lowest BCUT2D eigenvalue weighted by atomic mass is 10.2. The summed E-state index contributed by atoms with van der Waals surface area (Å²) in [7, 11) is 1.50. The molecule has 0 fully saturated rings. The lowest BCUT2D eigenvalue weighted by molar-refractivity contribution is 0.373. The van der Waals surface area contributed by atoms with Crippen molar-refractivity contribution in [3.05, 3.63) is 65.0 Å². The summed E-state index contributed by atoms with van der Waals surface area (Å²) in [5, 5.41) is 23.2. The molecule has 28 heavy (non-hydrogen) atoms. The summed E-state index contributed by atoms with van der Waals surface area (Å²) in [5.74, 6) is 0.921. The van der Waals surface area contributed by atoms with Gasteiger partial charge in [0.1, 0.15) is 6.33 Å². The minimum absolute atomic E-state index is 0.0839. The third-order valence-electron chi connectivity index (χ3n) is 4.06. The second-order valence-corrected chi connectivity index (χ2v) is 6.79. The molecule has 0 saturated heterocycles. The molecule has 0 saturated carbocycles. The fourth-order valence-electron chi connectivity index (χ4n) is 2.71. The van der Waals surface area contributed by atoms with Crippen molar-refractivity contribution in [2.24, 2.45) is 10.2 Å². The Morgan fingerprint density at radius 2 is 2.07 bits per heavy atom. The zero-order chi connectivity index (χ0) is 19.5. The van der Waals surface area contributed by atoms with E-state index in [4.69, 9.17) is 4.74 Å². The Kier molecular flexibility index (Phi) is 4.98. The highest BCUT2D eigenvalue weighted by atomic mass is 79.9. The molecule has 0 radical (unpaired) electrons. The molecule has 0 spiro atoms. The Morgan fingerprint density at radius 1 is 1.18 bits per heavy atom. The molecule has 140 valence electrons. The van der Waals surface area contributed by atoms with E-state index in [2.05, 4.69) is 41.2 Å². The standard InChI is InChI=1S/C19H15BrN6O2/c1-28-17-7-12(5-6-16(17)27)9-23-25-18-15-10-24-26(19(15)22-11-21-18)14-4-2-3-13(20)8-14/h2-8,10-11,27H,9H2,1H3. The van der Waals surface area contributed by atoms with E-state index in [0.29, 0.717) is 29.1 Å². The number of phenols is 1. The maximum absolute atomic E-state index is 9.66. The first-order valence-electron chi connectivity index (χ1n) is 8.34. The van der Waals surface area contributed by atoms with Crippen LogP contribution in [0.1, 0.15) is 5.56 Å². The van der Waals surface area contributed by atoms with Crippen LogP contribution in [0.25, 0.3) is 16.7 Å². The van der Waals surface area contributed by atoms with Crippen molar-refractivity contribution in [1.29, 1.82) is 0 Å². The third-order valence-corrected chi connectivity index (χ3v) is 4.55. The quantitative estimate of drug-likeness (QED) is 0.459. The van der Waals surface area contributed by atoms with Crippen LogP contribution >= 0.6 is 15.9 Å². The topological polar surface area (TPSA) is 97.8 Å². The molecular weight excluding hydrogens is 424 g/mol. The highest BCUT2D eigenvalue weighted by Gasteiger charge is 2.11. The number of hydrogen-bond acceptors (Lipinski definition) is 7. The zero-order valence-corrected chi connectivity index (χ0v) is 16.4. The Morgan fingerprint density at radius 3 is 2.89 bits per heavy atom. The van der Waals surface area contributed by atoms with E-state index in [1.54, 1.807) is 29.1 Å². The molecule has 0 amide bonds. The molecule has 0 unspecified atom stereocenters. The zero-order valence-electron chi connectivity index (χ0n) is 14.8. The summed E-state index contributed by atoms with van der Waals surface area (Å²) >= 11 is 3.47. The van der Waals surface area contributed by atoms with E-state index >= 15 is 0 Å². The molecule has 0 aliphatic carbocycles. The van der Waals surface area contributed by atoms with Crippen LogP contribution in [0.2, 0.25) is 0 Å². The smallest absolute Gasteiger partial charge is 0.188 e. The van der Waals surface area contributed by atoms with E-state index in [1.165, 1.54) is 13.4 Å². The van der Waals surface area contributed by atoms with Crippen molar-refractivity contribution < 1.29 is 9.84 Å². The Hall–Kier alpha value is -3.33. The number of benzene rings is 2.